The van der Waals surface area contributed by atoms with E-state index in [1.54, 1.807) is 0 Å². The first kappa shape index (κ1) is 13.6. The van der Waals surface area contributed by atoms with E-state index >= 15 is 0 Å². The van der Waals surface area contributed by atoms with Crippen molar-refractivity contribution >= 4 is 11.8 Å². The van der Waals surface area contributed by atoms with Gasteiger partial charge in [0.05, 0.1) is 0 Å². The van der Waals surface area contributed by atoms with Gasteiger partial charge in [0.25, 0.3) is 0 Å². The van der Waals surface area contributed by atoms with Gasteiger partial charge in [0, 0.05) is 6.04 Å². The standard InChI is InChI=1S/C14H23NS/c1-13(15-11-6-12-16-2)9-10-14-7-4-3-5-8-14/h3-5,7-8,13,15H,6,9-12H2,1-2H3. The zero-order valence-electron chi connectivity index (χ0n) is 10.4. The van der Waals surface area contributed by atoms with Crippen molar-refractivity contribution in [2.45, 2.75) is 32.2 Å². The summed E-state index contributed by atoms with van der Waals surface area (Å²) >= 11 is 1.92. The highest BCUT2D eigenvalue weighted by Gasteiger charge is 2.01. The van der Waals surface area contributed by atoms with Gasteiger partial charge in [0.1, 0.15) is 0 Å². The molecule has 90 valence electrons. The molecule has 1 atom stereocenters. The van der Waals surface area contributed by atoms with Crippen molar-refractivity contribution in [3.63, 3.8) is 0 Å². The Bertz CT molecular complexity index is 261. The number of aryl methyl sites for hydroxylation is 1. The summed E-state index contributed by atoms with van der Waals surface area (Å²) in [6.07, 6.45) is 5.84. The van der Waals surface area contributed by atoms with Crippen molar-refractivity contribution in [2.75, 3.05) is 18.6 Å². The second-order valence-corrected chi connectivity index (χ2v) is 5.21. The van der Waals surface area contributed by atoms with Gasteiger partial charge in [-0.1, -0.05) is 30.3 Å². The molecule has 0 fully saturated rings. The van der Waals surface area contributed by atoms with Crippen LogP contribution < -0.4 is 5.32 Å². The molecule has 1 rings (SSSR count). The summed E-state index contributed by atoms with van der Waals surface area (Å²) < 4.78 is 0. The summed E-state index contributed by atoms with van der Waals surface area (Å²) in [6.45, 7) is 3.43. The summed E-state index contributed by atoms with van der Waals surface area (Å²) in [5.41, 5.74) is 1.44. The van der Waals surface area contributed by atoms with Crippen LogP contribution in [0, 0.1) is 0 Å². The van der Waals surface area contributed by atoms with Crippen LogP contribution in [0.4, 0.5) is 0 Å². The molecule has 0 amide bonds. The van der Waals surface area contributed by atoms with Crippen LogP contribution in [0.1, 0.15) is 25.3 Å². The molecule has 0 radical (unpaired) electrons. The Morgan fingerprint density at radius 1 is 1.25 bits per heavy atom. The fourth-order valence-corrected chi connectivity index (χ4v) is 2.13. The van der Waals surface area contributed by atoms with E-state index in [0.717, 1.165) is 6.54 Å². The molecule has 0 aliphatic heterocycles. The monoisotopic (exact) mass is 237 g/mol. The minimum Gasteiger partial charge on any atom is -0.314 e. The quantitative estimate of drug-likeness (QED) is 0.696. The van der Waals surface area contributed by atoms with Gasteiger partial charge in [0.2, 0.25) is 0 Å². The first-order chi connectivity index (χ1) is 7.83. The van der Waals surface area contributed by atoms with Crippen LogP contribution in [0.5, 0.6) is 0 Å². The molecule has 1 aromatic rings. The van der Waals surface area contributed by atoms with Crippen LogP contribution in [0.3, 0.4) is 0 Å². The lowest BCUT2D eigenvalue weighted by Crippen LogP contribution is -2.27. The highest BCUT2D eigenvalue weighted by atomic mass is 32.2. The highest BCUT2D eigenvalue weighted by molar-refractivity contribution is 7.98. The van der Waals surface area contributed by atoms with Crippen LogP contribution in [0.2, 0.25) is 0 Å². The Hall–Kier alpha value is -0.470. The third kappa shape index (κ3) is 6.19. The molecular formula is C14H23NS. The number of thioether (sulfide) groups is 1. The number of rotatable bonds is 8. The molecule has 2 heteroatoms. The molecule has 1 unspecified atom stereocenters. The van der Waals surface area contributed by atoms with Crippen LogP contribution in [0.25, 0.3) is 0 Å². The molecule has 0 heterocycles. The number of hydrogen-bond donors (Lipinski definition) is 1. The van der Waals surface area contributed by atoms with Crippen molar-refractivity contribution in [1.82, 2.24) is 5.32 Å². The minimum atomic E-state index is 0.627. The van der Waals surface area contributed by atoms with Gasteiger partial charge in [0.15, 0.2) is 0 Å². The summed E-state index contributed by atoms with van der Waals surface area (Å²) in [7, 11) is 0. The van der Waals surface area contributed by atoms with E-state index in [1.165, 1.54) is 30.6 Å². The van der Waals surface area contributed by atoms with Crippen LogP contribution >= 0.6 is 11.8 Å². The Labute approximate surface area is 104 Å². The maximum absolute atomic E-state index is 3.57. The highest BCUT2D eigenvalue weighted by Crippen LogP contribution is 2.04. The van der Waals surface area contributed by atoms with Crippen molar-refractivity contribution < 1.29 is 0 Å². The van der Waals surface area contributed by atoms with Crippen molar-refractivity contribution in [3.05, 3.63) is 35.9 Å². The molecule has 1 N–H and O–H groups in total. The van der Waals surface area contributed by atoms with Gasteiger partial charge in [-0.15, -0.1) is 0 Å². The number of hydrogen-bond acceptors (Lipinski definition) is 2. The fourth-order valence-electron chi connectivity index (χ4n) is 1.69. The van der Waals surface area contributed by atoms with Gasteiger partial charge < -0.3 is 5.32 Å². The Kier molecular flexibility index (Phi) is 7.35. The second kappa shape index (κ2) is 8.66. The van der Waals surface area contributed by atoms with Crippen molar-refractivity contribution in [1.29, 1.82) is 0 Å². The third-order valence-corrected chi connectivity index (χ3v) is 3.42. The molecule has 0 aromatic heterocycles. The smallest absolute Gasteiger partial charge is 0.00418 e. The average molecular weight is 237 g/mol. The summed E-state index contributed by atoms with van der Waals surface area (Å²) in [6, 6.07) is 11.4. The maximum Gasteiger partial charge on any atom is 0.00418 e. The van der Waals surface area contributed by atoms with Gasteiger partial charge in [-0.05, 0) is 50.3 Å². The molecule has 0 saturated heterocycles. The van der Waals surface area contributed by atoms with Gasteiger partial charge in [-0.2, -0.15) is 11.8 Å². The van der Waals surface area contributed by atoms with Crippen LogP contribution in [-0.2, 0) is 6.42 Å². The second-order valence-electron chi connectivity index (χ2n) is 4.23. The van der Waals surface area contributed by atoms with Crippen molar-refractivity contribution in [2.24, 2.45) is 0 Å². The van der Waals surface area contributed by atoms with E-state index in [0.29, 0.717) is 6.04 Å². The van der Waals surface area contributed by atoms with Gasteiger partial charge in [-0.25, -0.2) is 0 Å². The topological polar surface area (TPSA) is 12.0 Å². The molecule has 0 aliphatic carbocycles. The van der Waals surface area contributed by atoms with E-state index in [2.05, 4.69) is 48.8 Å². The molecule has 0 bridgehead atoms. The zero-order chi connectivity index (χ0) is 11.6. The molecule has 1 nitrogen and oxygen atoms in total. The van der Waals surface area contributed by atoms with E-state index in [1.807, 2.05) is 11.8 Å². The lowest BCUT2D eigenvalue weighted by molar-refractivity contribution is 0.515. The van der Waals surface area contributed by atoms with Crippen LogP contribution in [-0.4, -0.2) is 24.6 Å². The average Bonchev–Trinajstić information content (AvgIpc) is 2.33. The Morgan fingerprint density at radius 3 is 2.69 bits per heavy atom. The Morgan fingerprint density at radius 2 is 2.00 bits per heavy atom. The summed E-state index contributed by atoms with van der Waals surface area (Å²) in [5.74, 6) is 1.26. The largest absolute Gasteiger partial charge is 0.314 e. The molecular weight excluding hydrogens is 214 g/mol. The fraction of sp³-hybridized carbons (Fsp3) is 0.571. The summed E-state index contributed by atoms with van der Waals surface area (Å²) in [4.78, 5) is 0. The lowest BCUT2D eigenvalue weighted by atomic mass is 10.1. The number of nitrogens with one attached hydrogen (secondary N) is 1. The van der Waals surface area contributed by atoms with E-state index in [4.69, 9.17) is 0 Å². The van der Waals surface area contributed by atoms with Gasteiger partial charge in [-0.3, -0.25) is 0 Å². The zero-order valence-corrected chi connectivity index (χ0v) is 11.2. The molecule has 0 saturated carbocycles. The minimum absolute atomic E-state index is 0.627. The van der Waals surface area contributed by atoms with E-state index < -0.39 is 0 Å². The predicted molar refractivity (Wildman–Crippen MR) is 75.2 cm³/mol. The predicted octanol–water partition coefficient (Wildman–Crippen LogP) is 3.35. The molecule has 16 heavy (non-hydrogen) atoms. The van der Waals surface area contributed by atoms with Crippen molar-refractivity contribution in [3.8, 4) is 0 Å². The Balaban J connectivity index is 2.08. The van der Waals surface area contributed by atoms with Gasteiger partial charge >= 0.3 is 0 Å². The summed E-state index contributed by atoms with van der Waals surface area (Å²) in [5, 5.41) is 3.57. The molecule has 0 aliphatic rings. The normalized spacial score (nSPS) is 12.6. The molecule has 0 spiro atoms. The van der Waals surface area contributed by atoms with E-state index in [9.17, 15) is 0 Å². The first-order valence-electron chi connectivity index (χ1n) is 6.09. The van der Waals surface area contributed by atoms with E-state index in [-0.39, 0.29) is 0 Å². The lowest BCUT2D eigenvalue weighted by Gasteiger charge is -2.13. The molecule has 1 aromatic carbocycles. The SMILES string of the molecule is CSCCCNC(C)CCc1ccccc1. The third-order valence-electron chi connectivity index (χ3n) is 2.73. The number of benzene rings is 1. The first-order valence-corrected chi connectivity index (χ1v) is 7.48. The van der Waals surface area contributed by atoms with Crippen LogP contribution in [0.15, 0.2) is 30.3 Å². The maximum atomic E-state index is 3.57.